The first-order valence-electron chi connectivity index (χ1n) is 6.91. The van der Waals surface area contributed by atoms with Crippen LogP contribution < -0.4 is 4.90 Å². The molecule has 1 heterocycles. The molecule has 0 N–H and O–H groups in total. The van der Waals surface area contributed by atoms with Crippen molar-refractivity contribution >= 4 is 34.6 Å². The monoisotopic (exact) mass is 318 g/mol. The van der Waals surface area contributed by atoms with Crippen molar-refractivity contribution in [3.8, 4) is 0 Å². The van der Waals surface area contributed by atoms with Crippen LogP contribution in [0.15, 0.2) is 53.5 Å². The van der Waals surface area contributed by atoms with Crippen LogP contribution in [0.2, 0.25) is 5.02 Å². The first kappa shape index (κ1) is 14.4. The second-order valence-electron chi connectivity index (χ2n) is 5.16. The molecule has 0 bridgehead atoms. The third-order valence-electron chi connectivity index (χ3n) is 3.62. The van der Waals surface area contributed by atoms with E-state index in [0.29, 0.717) is 11.6 Å². The van der Waals surface area contributed by atoms with Crippen molar-refractivity contribution in [1.29, 1.82) is 0 Å². The first-order valence-corrected chi connectivity index (χ1v) is 7.72. The van der Waals surface area contributed by atoms with Gasteiger partial charge in [0.05, 0.1) is 17.6 Å². The lowest BCUT2D eigenvalue weighted by molar-refractivity contribution is 0.798. The van der Waals surface area contributed by atoms with Crippen molar-refractivity contribution in [2.75, 3.05) is 25.0 Å². The third-order valence-corrected chi connectivity index (χ3v) is 4.22. The molecule has 1 unspecified atom stereocenters. The van der Waals surface area contributed by atoms with Crippen LogP contribution in [0.3, 0.4) is 0 Å². The van der Waals surface area contributed by atoms with Gasteiger partial charge in [-0.15, -0.1) is 11.6 Å². The number of aliphatic imine (C=N–C) groups is 1. The zero-order valence-corrected chi connectivity index (χ0v) is 13.3. The molecule has 2 aromatic rings. The summed E-state index contributed by atoms with van der Waals surface area (Å²) in [6.07, 6.45) is 0. The van der Waals surface area contributed by atoms with Crippen LogP contribution in [0.25, 0.3) is 0 Å². The minimum Gasteiger partial charge on any atom is -0.372 e. The van der Waals surface area contributed by atoms with Crippen LogP contribution >= 0.6 is 23.2 Å². The molecule has 0 spiro atoms. The van der Waals surface area contributed by atoms with Crippen LogP contribution in [0.5, 0.6) is 0 Å². The Morgan fingerprint density at radius 2 is 1.71 bits per heavy atom. The lowest BCUT2D eigenvalue weighted by Gasteiger charge is -2.27. The van der Waals surface area contributed by atoms with E-state index < -0.39 is 0 Å². The van der Waals surface area contributed by atoms with E-state index in [1.165, 1.54) is 0 Å². The fourth-order valence-corrected chi connectivity index (χ4v) is 3.12. The number of hydrogen-bond acceptors (Lipinski definition) is 2. The molecule has 2 nitrogen and oxygen atoms in total. The summed E-state index contributed by atoms with van der Waals surface area (Å²) in [5.74, 6) is 0. The van der Waals surface area contributed by atoms with Gasteiger partial charge >= 0.3 is 0 Å². The van der Waals surface area contributed by atoms with Crippen LogP contribution in [-0.2, 0) is 0 Å². The van der Waals surface area contributed by atoms with Gasteiger partial charge < -0.3 is 4.90 Å². The van der Waals surface area contributed by atoms with Gasteiger partial charge in [0.2, 0.25) is 0 Å². The molecule has 0 fully saturated rings. The maximum atomic E-state index is 6.37. The highest BCUT2D eigenvalue weighted by Gasteiger charge is 2.20. The average Bonchev–Trinajstić information content (AvgIpc) is 2.48. The van der Waals surface area contributed by atoms with Gasteiger partial charge in [0.1, 0.15) is 0 Å². The number of benzene rings is 2. The summed E-state index contributed by atoms with van der Waals surface area (Å²) in [5, 5.41) is 0.696. The predicted octanol–water partition coefficient (Wildman–Crippen LogP) is 4.23. The molecule has 2 aromatic carbocycles. The van der Waals surface area contributed by atoms with Gasteiger partial charge in [-0.2, -0.15) is 0 Å². The fraction of sp³-hybridized carbons (Fsp3) is 0.235. The molecule has 0 aromatic heterocycles. The SMILES string of the molecule is CN1CC(Cl)C/N=C(/c2ccccc2Cl)c2ccccc21. The van der Waals surface area contributed by atoms with Crippen molar-refractivity contribution in [1.82, 2.24) is 0 Å². The standard InChI is InChI=1S/C17H16Cl2N2/c1-21-11-12(18)10-20-17(13-6-2-4-8-15(13)19)14-7-3-5-9-16(14)21/h2-9,12H,10-11H2,1H3/b20-17-. The molecule has 1 aliphatic rings. The number of halogens is 2. The van der Waals surface area contributed by atoms with E-state index in [0.717, 1.165) is 29.1 Å². The van der Waals surface area contributed by atoms with Crippen molar-refractivity contribution < 1.29 is 0 Å². The first-order chi connectivity index (χ1) is 10.2. The Kier molecular flexibility index (Phi) is 4.18. The maximum absolute atomic E-state index is 6.37. The van der Waals surface area contributed by atoms with Gasteiger partial charge in [-0.05, 0) is 12.1 Å². The molecule has 0 saturated carbocycles. The van der Waals surface area contributed by atoms with Crippen molar-refractivity contribution in [3.05, 3.63) is 64.7 Å². The summed E-state index contributed by atoms with van der Waals surface area (Å²) in [6, 6.07) is 16.0. The van der Waals surface area contributed by atoms with E-state index >= 15 is 0 Å². The molecular weight excluding hydrogens is 303 g/mol. The molecule has 1 aliphatic heterocycles. The summed E-state index contributed by atoms with van der Waals surface area (Å²) >= 11 is 12.7. The number of anilines is 1. The number of para-hydroxylation sites is 1. The lowest BCUT2D eigenvalue weighted by atomic mass is 9.99. The Morgan fingerprint density at radius 3 is 2.48 bits per heavy atom. The number of hydrogen-bond donors (Lipinski definition) is 0. The largest absolute Gasteiger partial charge is 0.372 e. The quantitative estimate of drug-likeness (QED) is 0.718. The predicted molar refractivity (Wildman–Crippen MR) is 91.3 cm³/mol. The highest BCUT2D eigenvalue weighted by atomic mass is 35.5. The van der Waals surface area contributed by atoms with Crippen LogP contribution in [0, 0.1) is 0 Å². The molecule has 4 heteroatoms. The fourth-order valence-electron chi connectivity index (χ4n) is 2.62. The van der Waals surface area contributed by atoms with E-state index in [-0.39, 0.29) is 5.38 Å². The van der Waals surface area contributed by atoms with E-state index in [1.54, 1.807) is 0 Å². The molecule has 21 heavy (non-hydrogen) atoms. The Hall–Kier alpha value is -1.51. The smallest absolute Gasteiger partial charge is 0.0755 e. The Balaban J connectivity index is 2.20. The molecule has 0 radical (unpaired) electrons. The second kappa shape index (κ2) is 6.08. The molecule has 0 amide bonds. The highest BCUT2D eigenvalue weighted by molar-refractivity contribution is 6.36. The average molecular weight is 319 g/mol. The normalized spacial score (nSPS) is 21.0. The topological polar surface area (TPSA) is 15.6 Å². The summed E-state index contributed by atoms with van der Waals surface area (Å²) in [5.41, 5.74) is 4.08. The minimum absolute atomic E-state index is 0.0131. The van der Waals surface area contributed by atoms with Gasteiger partial charge in [0, 0.05) is 35.4 Å². The van der Waals surface area contributed by atoms with Crippen molar-refractivity contribution in [2.45, 2.75) is 5.38 Å². The Morgan fingerprint density at radius 1 is 1.05 bits per heavy atom. The Labute approximate surface area is 135 Å². The number of alkyl halides is 1. The summed E-state index contributed by atoms with van der Waals surface area (Å²) in [6.45, 7) is 1.36. The van der Waals surface area contributed by atoms with Gasteiger partial charge in [-0.25, -0.2) is 0 Å². The van der Waals surface area contributed by atoms with Crippen molar-refractivity contribution in [2.24, 2.45) is 4.99 Å². The van der Waals surface area contributed by atoms with E-state index in [2.05, 4.69) is 24.1 Å². The third kappa shape index (κ3) is 2.92. The van der Waals surface area contributed by atoms with Crippen molar-refractivity contribution in [3.63, 3.8) is 0 Å². The van der Waals surface area contributed by atoms with Gasteiger partial charge in [-0.1, -0.05) is 48.0 Å². The zero-order valence-electron chi connectivity index (χ0n) is 11.8. The number of rotatable bonds is 1. The van der Waals surface area contributed by atoms with E-state index in [4.69, 9.17) is 28.2 Å². The summed E-state index contributed by atoms with van der Waals surface area (Å²) in [4.78, 5) is 6.92. The van der Waals surface area contributed by atoms with Crippen LogP contribution in [-0.4, -0.2) is 31.2 Å². The molecule has 3 rings (SSSR count). The molecule has 108 valence electrons. The summed E-state index contributed by atoms with van der Waals surface area (Å²) in [7, 11) is 2.06. The highest BCUT2D eigenvalue weighted by Crippen LogP contribution is 2.28. The van der Waals surface area contributed by atoms with Gasteiger partial charge in [-0.3, -0.25) is 4.99 Å². The number of nitrogens with zero attached hydrogens (tertiary/aromatic N) is 2. The molecule has 0 saturated heterocycles. The van der Waals surface area contributed by atoms with E-state index in [1.807, 2.05) is 36.4 Å². The molecule has 0 aliphatic carbocycles. The van der Waals surface area contributed by atoms with Gasteiger partial charge in [0.25, 0.3) is 0 Å². The molecular formula is C17H16Cl2N2. The minimum atomic E-state index is -0.0131. The summed E-state index contributed by atoms with van der Waals surface area (Å²) < 4.78 is 0. The lowest BCUT2D eigenvalue weighted by Crippen LogP contribution is -2.31. The number of fused-ring (bicyclic) bond motifs is 1. The van der Waals surface area contributed by atoms with Gasteiger partial charge in [0.15, 0.2) is 0 Å². The molecule has 1 atom stereocenters. The van der Waals surface area contributed by atoms with Crippen LogP contribution in [0.1, 0.15) is 11.1 Å². The zero-order chi connectivity index (χ0) is 14.8. The van der Waals surface area contributed by atoms with E-state index in [9.17, 15) is 0 Å². The maximum Gasteiger partial charge on any atom is 0.0755 e. The second-order valence-corrected chi connectivity index (χ2v) is 6.19. The van der Waals surface area contributed by atoms with Crippen LogP contribution in [0.4, 0.5) is 5.69 Å². The Bertz CT molecular complexity index is 682.